The number of benzene rings is 2. The quantitative estimate of drug-likeness (QED) is 0.299. The average molecular weight is 472 g/mol. The number of aromatic nitrogens is 5. The average Bonchev–Trinajstić information content (AvgIpc) is 3.54. The van der Waals surface area contributed by atoms with Gasteiger partial charge in [0.05, 0.1) is 34.2 Å². The van der Waals surface area contributed by atoms with Crippen LogP contribution in [0.2, 0.25) is 0 Å². The predicted octanol–water partition coefficient (Wildman–Crippen LogP) is 6.54. The van der Waals surface area contributed by atoms with Crippen LogP contribution >= 0.6 is 0 Å². The minimum atomic E-state index is 0.950. The summed E-state index contributed by atoms with van der Waals surface area (Å²) < 4.78 is 4.26. The summed E-state index contributed by atoms with van der Waals surface area (Å²) in [5.41, 5.74) is 11.6. The van der Waals surface area contributed by atoms with E-state index in [0.29, 0.717) is 0 Å². The van der Waals surface area contributed by atoms with Crippen LogP contribution in [0, 0.1) is 0 Å². The first-order chi connectivity index (χ1) is 17.9. The van der Waals surface area contributed by atoms with Crippen LogP contribution in [0.4, 0.5) is 0 Å². The molecular weight excluding hydrogens is 442 g/mol. The number of para-hydroxylation sites is 2. The third-order valence-corrected chi connectivity index (χ3v) is 7.57. The molecule has 0 amide bonds. The highest BCUT2D eigenvalue weighted by atomic mass is 15.3. The van der Waals surface area contributed by atoms with E-state index in [9.17, 15) is 0 Å². The lowest BCUT2D eigenvalue weighted by molar-refractivity contribution is 0.653. The van der Waals surface area contributed by atoms with Crippen molar-refractivity contribution in [2.45, 2.75) is 51.4 Å². The molecule has 178 valence electrons. The molecule has 0 N–H and O–H groups in total. The molecule has 36 heavy (non-hydrogen) atoms. The lowest BCUT2D eigenvalue weighted by atomic mass is 9.94. The van der Waals surface area contributed by atoms with Gasteiger partial charge in [0.1, 0.15) is 5.69 Å². The Morgan fingerprint density at radius 2 is 1.17 bits per heavy atom. The van der Waals surface area contributed by atoms with Crippen LogP contribution in [0.25, 0.3) is 34.2 Å². The SMILES string of the molecule is c1ccc(-n2nc(-c3cccc(-c4c5c(nn4-c4ccccc4)CCCC5)n3)c3c2CCCC3)cc1. The molecule has 2 aromatic carbocycles. The molecule has 2 aliphatic carbocycles. The highest BCUT2D eigenvalue weighted by Crippen LogP contribution is 2.36. The van der Waals surface area contributed by atoms with Crippen LogP contribution in [0.1, 0.15) is 48.2 Å². The second-order valence-corrected chi connectivity index (χ2v) is 9.86. The monoisotopic (exact) mass is 471 g/mol. The zero-order valence-electron chi connectivity index (χ0n) is 20.4. The summed E-state index contributed by atoms with van der Waals surface area (Å²) in [4.78, 5) is 5.26. The van der Waals surface area contributed by atoms with Crippen LogP contribution in [0.5, 0.6) is 0 Å². The Hall–Kier alpha value is -3.99. The highest BCUT2D eigenvalue weighted by Gasteiger charge is 2.26. The maximum Gasteiger partial charge on any atom is 0.115 e. The van der Waals surface area contributed by atoms with E-state index in [1.54, 1.807) is 0 Å². The zero-order valence-corrected chi connectivity index (χ0v) is 20.4. The van der Waals surface area contributed by atoms with Crippen molar-refractivity contribution in [3.8, 4) is 34.2 Å². The first-order valence-corrected chi connectivity index (χ1v) is 13.2. The van der Waals surface area contributed by atoms with E-state index < -0.39 is 0 Å². The molecule has 0 fully saturated rings. The van der Waals surface area contributed by atoms with Gasteiger partial charge in [-0.1, -0.05) is 42.5 Å². The Balaban J connectivity index is 1.39. The van der Waals surface area contributed by atoms with Crippen molar-refractivity contribution in [1.82, 2.24) is 24.5 Å². The zero-order chi connectivity index (χ0) is 23.9. The topological polar surface area (TPSA) is 48.5 Å². The van der Waals surface area contributed by atoms with E-state index >= 15 is 0 Å². The molecule has 0 aliphatic heterocycles. The first-order valence-electron chi connectivity index (χ1n) is 13.2. The van der Waals surface area contributed by atoms with E-state index in [-0.39, 0.29) is 0 Å². The van der Waals surface area contributed by atoms with Gasteiger partial charge in [0, 0.05) is 16.8 Å². The molecule has 5 nitrogen and oxygen atoms in total. The molecule has 0 unspecified atom stereocenters. The third-order valence-electron chi connectivity index (χ3n) is 7.57. The Morgan fingerprint density at radius 3 is 1.94 bits per heavy atom. The van der Waals surface area contributed by atoms with Crippen molar-refractivity contribution < 1.29 is 0 Å². The van der Waals surface area contributed by atoms with Crippen molar-refractivity contribution in [3.63, 3.8) is 0 Å². The van der Waals surface area contributed by atoms with Gasteiger partial charge in [-0.2, -0.15) is 10.2 Å². The summed E-state index contributed by atoms with van der Waals surface area (Å²) in [5, 5.41) is 10.2. The largest absolute Gasteiger partial charge is 0.244 e. The summed E-state index contributed by atoms with van der Waals surface area (Å²) in [6.45, 7) is 0. The van der Waals surface area contributed by atoms with E-state index in [4.69, 9.17) is 15.2 Å². The van der Waals surface area contributed by atoms with Gasteiger partial charge in [-0.15, -0.1) is 0 Å². The van der Waals surface area contributed by atoms with Gasteiger partial charge >= 0.3 is 0 Å². The Bertz CT molecular complexity index is 1530. The highest BCUT2D eigenvalue weighted by molar-refractivity contribution is 5.69. The molecule has 0 saturated heterocycles. The van der Waals surface area contributed by atoms with Gasteiger partial charge in [-0.05, 0) is 87.8 Å². The molecule has 5 heteroatoms. The fourth-order valence-electron chi connectivity index (χ4n) is 5.86. The predicted molar refractivity (Wildman–Crippen MR) is 143 cm³/mol. The van der Waals surface area contributed by atoms with Crippen molar-refractivity contribution in [2.24, 2.45) is 0 Å². The van der Waals surface area contributed by atoms with Gasteiger partial charge in [0.25, 0.3) is 0 Å². The third kappa shape index (κ3) is 3.58. The van der Waals surface area contributed by atoms with Gasteiger partial charge in [-0.3, -0.25) is 0 Å². The van der Waals surface area contributed by atoms with Gasteiger partial charge in [0.2, 0.25) is 0 Å². The molecule has 7 rings (SSSR count). The molecule has 3 aromatic heterocycles. The maximum absolute atomic E-state index is 5.26. The van der Waals surface area contributed by atoms with Crippen LogP contribution in [-0.2, 0) is 25.7 Å². The van der Waals surface area contributed by atoms with Gasteiger partial charge in [0.15, 0.2) is 0 Å². The summed E-state index contributed by atoms with van der Waals surface area (Å²) in [6, 6.07) is 27.3. The van der Waals surface area contributed by atoms with Crippen LogP contribution in [0.3, 0.4) is 0 Å². The summed E-state index contributed by atoms with van der Waals surface area (Å²) in [5.74, 6) is 0. The molecule has 0 atom stereocenters. The van der Waals surface area contributed by atoms with Crippen molar-refractivity contribution in [1.29, 1.82) is 0 Å². The van der Waals surface area contributed by atoms with Crippen molar-refractivity contribution in [2.75, 3.05) is 0 Å². The standard InChI is InChI=1S/C31H29N5/c1-3-12-22(13-4-1)35-29-21-10-8-17-25(29)30(34-35)27-19-11-20-28(32-27)31-24-16-7-9-18-26(24)33-36(31)23-14-5-2-6-15-23/h1-6,11-15,19-20H,7-10,16-18,21H2. The number of rotatable bonds is 4. The van der Waals surface area contributed by atoms with Gasteiger partial charge in [-0.25, -0.2) is 14.3 Å². The first kappa shape index (κ1) is 21.3. The van der Waals surface area contributed by atoms with Crippen LogP contribution in [-0.4, -0.2) is 24.5 Å². The summed E-state index contributed by atoms with van der Waals surface area (Å²) in [6.07, 6.45) is 9.03. The van der Waals surface area contributed by atoms with E-state index in [1.165, 1.54) is 48.2 Å². The summed E-state index contributed by atoms with van der Waals surface area (Å²) >= 11 is 0. The minimum Gasteiger partial charge on any atom is -0.244 e. The molecule has 0 bridgehead atoms. The lowest BCUT2D eigenvalue weighted by Crippen LogP contribution is -2.07. The summed E-state index contributed by atoms with van der Waals surface area (Å²) in [7, 11) is 0. The number of aryl methyl sites for hydroxylation is 1. The molecule has 0 saturated carbocycles. The van der Waals surface area contributed by atoms with Crippen LogP contribution in [0.15, 0.2) is 78.9 Å². The number of hydrogen-bond acceptors (Lipinski definition) is 3. The number of fused-ring (bicyclic) bond motifs is 2. The Morgan fingerprint density at radius 1 is 0.528 bits per heavy atom. The Kier molecular flexibility index (Phi) is 5.27. The van der Waals surface area contributed by atoms with Gasteiger partial charge < -0.3 is 0 Å². The second-order valence-electron chi connectivity index (χ2n) is 9.86. The smallest absolute Gasteiger partial charge is 0.115 e. The van der Waals surface area contributed by atoms with Crippen molar-refractivity contribution in [3.05, 3.63) is 101 Å². The molecule has 0 spiro atoms. The van der Waals surface area contributed by atoms with E-state index in [1.807, 2.05) is 0 Å². The molecular formula is C31H29N5. The molecule has 2 aliphatic rings. The lowest BCUT2D eigenvalue weighted by Gasteiger charge is -2.14. The second kappa shape index (κ2) is 8.90. The number of pyridine rings is 1. The fourth-order valence-corrected chi connectivity index (χ4v) is 5.86. The molecule has 0 radical (unpaired) electrons. The fraction of sp³-hybridized carbons (Fsp3) is 0.258. The number of hydrogen-bond donors (Lipinski definition) is 0. The minimum absolute atomic E-state index is 0.950. The maximum atomic E-state index is 5.26. The number of nitrogens with zero attached hydrogens (tertiary/aromatic N) is 5. The molecule has 5 aromatic rings. The van der Waals surface area contributed by atoms with Crippen LogP contribution < -0.4 is 0 Å². The van der Waals surface area contributed by atoms with E-state index in [0.717, 1.165) is 59.8 Å². The molecule has 3 heterocycles. The van der Waals surface area contributed by atoms with Crippen molar-refractivity contribution >= 4 is 0 Å². The van der Waals surface area contributed by atoms with E-state index in [2.05, 4.69) is 88.2 Å². The Labute approximate surface area is 211 Å². The normalized spacial score (nSPS) is 14.9.